The standard InChI is InChI=1S/C15H19N5S/c1-19(9-3-11-20-10-2-7-17-20)12-13-4-5-15(21-13)14-6-8-16-18-14/h2,4-8,10H,3,9,11-12H2,1H3,(H,16,18). The minimum atomic E-state index is 0.973. The van der Waals surface area contributed by atoms with Crippen LogP contribution in [0.2, 0.25) is 0 Å². The van der Waals surface area contributed by atoms with E-state index in [9.17, 15) is 0 Å². The van der Waals surface area contributed by atoms with Gasteiger partial charge in [0.05, 0.1) is 10.6 Å². The van der Waals surface area contributed by atoms with Crippen LogP contribution in [0.1, 0.15) is 11.3 Å². The molecule has 0 aliphatic rings. The number of H-pyrrole nitrogens is 1. The van der Waals surface area contributed by atoms with Crippen molar-refractivity contribution in [3.63, 3.8) is 0 Å². The number of rotatable bonds is 7. The summed E-state index contributed by atoms with van der Waals surface area (Å²) in [7, 11) is 2.17. The second-order valence-corrected chi connectivity index (χ2v) is 6.27. The molecule has 6 heteroatoms. The van der Waals surface area contributed by atoms with Gasteiger partial charge in [-0.05, 0) is 44.3 Å². The fourth-order valence-electron chi connectivity index (χ4n) is 2.28. The first-order valence-corrected chi connectivity index (χ1v) is 7.87. The number of aryl methyl sites for hydroxylation is 1. The second-order valence-electron chi connectivity index (χ2n) is 5.10. The molecule has 21 heavy (non-hydrogen) atoms. The van der Waals surface area contributed by atoms with Gasteiger partial charge in [-0.15, -0.1) is 11.3 Å². The van der Waals surface area contributed by atoms with Crippen molar-refractivity contribution in [2.45, 2.75) is 19.5 Å². The van der Waals surface area contributed by atoms with E-state index in [0.717, 1.165) is 31.7 Å². The molecular weight excluding hydrogens is 282 g/mol. The number of nitrogens with one attached hydrogen (secondary N) is 1. The van der Waals surface area contributed by atoms with Crippen LogP contribution in [0.4, 0.5) is 0 Å². The van der Waals surface area contributed by atoms with E-state index in [0.29, 0.717) is 0 Å². The maximum Gasteiger partial charge on any atom is 0.0749 e. The van der Waals surface area contributed by atoms with Crippen LogP contribution in [-0.2, 0) is 13.1 Å². The molecule has 0 radical (unpaired) electrons. The first-order chi connectivity index (χ1) is 10.3. The Morgan fingerprint density at radius 1 is 1.29 bits per heavy atom. The molecule has 0 bridgehead atoms. The predicted octanol–water partition coefficient (Wildman–Crippen LogP) is 2.86. The Kier molecular flexibility index (Phi) is 4.47. The van der Waals surface area contributed by atoms with Gasteiger partial charge in [-0.25, -0.2) is 0 Å². The minimum Gasteiger partial charge on any atom is -0.301 e. The van der Waals surface area contributed by atoms with Crippen molar-refractivity contribution in [3.05, 3.63) is 47.7 Å². The van der Waals surface area contributed by atoms with Crippen molar-refractivity contribution in [1.82, 2.24) is 24.9 Å². The zero-order valence-corrected chi connectivity index (χ0v) is 12.9. The van der Waals surface area contributed by atoms with Gasteiger partial charge in [0.15, 0.2) is 0 Å². The molecule has 0 saturated carbocycles. The Bertz CT molecular complexity index is 641. The first kappa shape index (κ1) is 14.0. The number of hydrogen-bond acceptors (Lipinski definition) is 4. The van der Waals surface area contributed by atoms with Crippen LogP contribution in [-0.4, -0.2) is 38.5 Å². The van der Waals surface area contributed by atoms with Crippen LogP contribution in [0.25, 0.3) is 10.6 Å². The summed E-state index contributed by atoms with van der Waals surface area (Å²) in [6.07, 6.45) is 6.73. The third kappa shape index (κ3) is 3.80. The first-order valence-electron chi connectivity index (χ1n) is 7.06. The van der Waals surface area contributed by atoms with Gasteiger partial charge in [-0.2, -0.15) is 10.2 Å². The molecule has 5 nitrogen and oxygen atoms in total. The summed E-state index contributed by atoms with van der Waals surface area (Å²) in [4.78, 5) is 4.97. The summed E-state index contributed by atoms with van der Waals surface area (Å²) < 4.78 is 1.98. The van der Waals surface area contributed by atoms with Gasteiger partial charge in [0.1, 0.15) is 0 Å². The Morgan fingerprint density at radius 3 is 3.00 bits per heavy atom. The Hall–Kier alpha value is -1.92. The third-order valence-corrected chi connectivity index (χ3v) is 4.44. The van der Waals surface area contributed by atoms with Crippen molar-refractivity contribution in [1.29, 1.82) is 0 Å². The van der Waals surface area contributed by atoms with Crippen molar-refractivity contribution in [2.24, 2.45) is 0 Å². The molecule has 1 N–H and O–H groups in total. The molecule has 3 heterocycles. The number of hydrogen-bond donors (Lipinski definition) is 1. The van der Waals surface area contributed by atoms with E-state index in [-0.39, 0.29) is 0 Å². The van der Waals surface area contributed by atoms with E-state index in [2.05, 4.69) is 39.4 Å². The number of thiophene rings is 1. The van der Waals surface area contributed by atoms with E-state index < -0.39 is 0 Å². The second kappa shape index (κ2) is 6.69. The average Bonchev–Trinajstić information content (AvgIpc) is 3.21. The van der Waals surface area contributed by atoms with E-state index in [1.54, 1.807) is 6.20 Å². The summed E-state index contributed by atoms with van der Waals surface area (Å²) in [6.45, 7) is 3.02. The Morgan fingerprint density at radius 2 is 2.24 bits per heavy atom. The lowest BCUT2D eigenvalue weighted by Crippen LogP contribution is -2.19. The molecular formula is C15H19N5S. The van der Waals surface area contributed by atoms with Crippen molar-refractivity contribution in [2.75, 3.05) is 13.6 Å². The third-order valence-electron chi connectivity index (χ3n) is 3.34. The van der Waals surface area contributed by atoms with Gasteiger partial charge in [0.25, 0.3) is 0 Å². The van der Waals surface area contributed by atoms with Crippen LogP contribution >= 0.6 is 11.3 Å². The average molecular weight is 301 g/mol. The van der Waals surface area contributed by atoms with Crippen molar-refractivity contribution < 1.29 is 0 Å². The highest BCUT2D eigenvalue weighted by Crippen LogP contribution is 2.26. The summed E-state index contributed by atoms with van der Waals surface area (Å²) in [5.74, 6) is 0. The van der Waals surface area contributed by atoms with Gasteiger partial charge < -0.3 is 4.90 Å². The maximum atomic E-state index is 4.22. The molecule has 0 spiro atoms. The molecule has 3 aromatic heterocycles. The lowest BCUT2D eigenvalue weighted by atomic mass is 10.3. The largest absolute Gasteiger partial charge is 0.301 e. The van der Waals surface area contributed by atoms with Crippen LogP contribution in [0.15, 0.2) is 42.9 Å². The Balaban J connectivity index is 1.47. The zero-order chi connectivity index (χ0) is 14.5. The smallest absolute Gasteiger partial charge is 0.0749 e. The normalized spacial score (nSPS) is 11.3. The number of aromatic amines is 1. The molecule has 0 aliphatic carbocycles. The number of nitrogens with zero attached hydrogens (tertiary/aromatic N) is 4. The molecule has 3 rings (SSSR count). The van der Waals surface area contributed by atoms with Crippen LogP contribution < -0.4 is 0 Å². The predicted molar refractivity (Wildman–Crippen MR) is 85.1 cm³/mol. The van der Waals surface area contributed by atoms with Crippen LogP contribution in [0, 0.1) is 0 Å². The molecule has 3 aromatic rings. The fraction of sp³-hybridized carbons (Fsp3) is 0.333. The summed E-state index contributed by atoms with van der Waals surface area (Å²) >= 11 is 1.82. The topological polar surface area (TPSA) is 49.7 Å². The van der Waals surface area contributed by atoms with Crippen molar-refractivity contribution in [3.8, 4) is 10.6 Å². The number of aromatic nitrogens is 4. The summed E-state index contributed by atoms with van der Waals surface area (Å²) in [6, 6.07) is 8.33. The lowest BCUT2D eigenvalue weighted by molar-refractivity contribution is 0.314. The highest BCUT2D eigenvalue weighted by molar-refractivity contribution is 7.15. The van der Waals surface area contributed by atoms with Gasteiger partial charge in [0.2, 0.25) is 0 Å². The fourth-order valence-corrected chi connectivity index (χ4v) is 3.34. The molecule has 0 saturated heterocycles. The molecule has 0 aromatic carbocycles. The molecule has 0 fully saturated rings. The Labute approximate surface area is 128 Å². The van der Waals surface area contributed by atoms with Gasteiger partial charge in [0, 0.05) is 36.6 Å². The maximum absolute atomic E-state index is 4.22. The van der Waals surface area contributed by atoms with E-state index in [4.69, 9.17) is 0 Å². The molecule has 0 atom stereocenters. The van der Waals surface area contributed by atoms with E-state index in [1.165, 1.54) is 9.75 Å². The van der Waals surface area contributed by atoms with Gasteiger partial charge in [-0.3, -0.25) is 9.78 Å². The molecule has 110 valence electrons. The lowest BCUT2D eigenvalue weighted by Gasteiger charge is -2.15. The zero-order valence-electron chi connectivity index (χ0n) is 12.1. The molecule has 0 amide bonds. The minimum absolute atomic E-state index is 0.973. The van der Waals surface area contributed by atoms with E-state index in [1.807, 2.05) is 40.5 Å². The van der Waals surface area contributed by atoms with Crippen LogP contribution in [0.5, 0.6) is 0 Å². The highest BCUT2D eigenvalue weighted by atomic mass is 32.1. The summed E-state index contributed by atoms with van der Waals surface area (Å²) in [5.41, 5.74) is 1.09. The quantitative estimate of drug-likeness (QED) is 0.730. The summed E-state index contributed by atoms with van der Waals surface area (Å²) in [5, 5.41) is 11.2. The van der Waals surface area contributed by atoms with Crippen molar-refractivity contribution >= 4 is 11.3 Å². The van der Waals surface area contributed by atoms with E-state index >= 15 is 0 Å². The monoisotopic (exact) mass is 301 g/mol. The van der Waals surface area contributed by atoms with Crippen LogP contribution in [0.3, 0.4) is 0 Å². The highest BCUT2D eigenvalue weighted by Gasteiger charge is 2.06. The van der Waals surface area contributed by atoms with Gasteiger partial charge >= 0.3 is 0 Å². The molecule has 0 unspecified atom stereocenters. The SMILES string of the molecule is CN(CCCn1cccn1)Cc1ccc(-c2ccn[nH]2)s1. The van der Waals surface area contributed by atoms with Gasteiger partial charge in [-0.1, -0.05) is 0 Å². The molecule has 0 aliphatic heterocycles.